The van der Waals surface area contributed by atoms with Crippen molar-refractivity contribution >= 4 is 0 Å². The average Bonchev–Trinajstić information content (AvgIpc) is 2.67. The van der Waals surface area contributed by atoms with Gasteiger partial charge >= 0.3 is 0 Å². The van der Waals surface area contributed by atoms with E-state index in [1.165, 1.54) is 0 Å². The molecule has 0 amide bonds. The molecule has 0 radical (unpaired) electrons. The molecule has 1 aliphatic rings. The van der Waals surface area contributed by atoms with Gasteiger partial charge in [-0.2, -0.15) is 5.10 Å². The van der Waals surface area contributed by atoms with Gasteiger partial charge in [-0.3, -0.25) is 4.68 Å². The zero-order valence-corrected chi connectivity index (χ0v) is 7.64. The molecule has 0 saturated heterocycles. The lowest BCUT2D eigenvalue weighted by atomic mass is 10.0. The molecule has 1 aromatic rings. The lowest BCUT2D eigenvalue weighted by Crippen LogP contribution is -2.07. The Kier molecular flexibility index (Phi) is 2.09. The quantitative estimate of drug-likeness (QED) is 0.675. The van der Waals surface area contributed by atoms with Crippen LogP contribution in [-0.4, -0.2) is 33.2 Å². The monoisotopic (exact) mass is 182 g/mol. The van der Waals surface area contributed by atoms with E-state index in [1.807, 2.05) is 7.05 Å². The van der Waals surface area contributed by atoms with E-state index >= 15 is 0 Å². The molecule has 0 spiro atoms. The van der Waals surface area contributed by atoms with Gasteiger partial charge in [-0.05, 0) is 12.0 Å². The molecule has 1 heterocycles. The average molecular weight is 182 g/mol. The first-order valence-corrected chi connectivity index (χ1v) is 4.51. The zero-order valence-electron chi connectivity index (χ0n) is 7.64. The maximum atomic E-state index is 9.15. The second-order valence-corrected chi connectivity index (χ2v) is 3.60. The third-order valence-electron chi connectivity index (χ3n) is 2.85. The molecule has 0 bridgehead atoms. The molecule has 4 heteroatoms. The summed E-state index contributed by atoms with van der Waals surface area (Å²) in [5.74, 6) is 0.320. The highest BCUT2D eigenvalue weighted by atomic mass is 16.3. The Morgan fingerprint density at radius 3 is 2.77 bits per heavy atom. The maximum absolute atomic E-state index is 9.15. The summed E-state index contributed by atoms with van der Waals surface area (Å²) in [7, 11) is 1.88. The zero-order chi connectivity index (χ0) is 9.42. The highest BCUT2D eigenvalue weighted by molar-refractivity contribution is 5.32. The number of aryl methyl sites for hydroxylation is 1. The van der Waals surface area contributed by atoms with Crippen LogP contribution in [0.3, 0.4) is 0 Å². The van der Waals surface area contributed by atoms with Crippen LogP contribution in [0.4, 0.5) is 0 Å². The van der Waals surface area contributed by atoms with Gasteiger partial charge in [0, 0.05) is 24.6 Å². The Hall–Kier alpha value is -0.870. The summed E-state index contributed by atoms with van der Waals surface area (Å²) in [5.41, 5.74) is 2.19. The van der Waals surface area contributed by atoms with Crippen molar-refractivity contribution in [2.24, 2.45) is 7.05 Å². The number of aliphatic hydroxyl groups excluding tert-OH is 2. The van der Waals surface area contributed by atoms with Gasteiger partial charge in [0.2, 0.25) is 0 Å². The van der Waals surface area contributed by atoms with Crippen molar-refractivity contribution < 1.29 is 10.2 Å². The van der Waals surface area contributed by atoms with E-state index in [2.05, 4.69) is 5.10 Å². The van der Waals surface area contributed by atoms with Crippen LogP contribution in [0.5, 0.6) is 0 Å². The minimum Gasteiger partial charge on any atom is -0.396 e. The van der Waals surface area contributed by atoms with Crippen molar-refractivity contribution in [2.75, 3.05) is 13.2 Å². The summed E-state index contributed by atoms with van der Waals surface area (Å²) in [4.78, 5) is 0. The Morgan fingerprint density at radius 2 is 2.15 bits per heavy atom. The molecular formula is C9H14N2O2. The fraction of sp³-hybridized carbons (Fsp3) is 0.667. The van der Waals surface area contributed by atoms with Gasteiger partial charge in [-0.25, -0.2) is 0 Å². The number of hydrogen-bond acceptors (Lipinski definition) is 3. The topological polar surface area (TPSA) is 58.3 Å². The first-order valence-electron chi connectivity index (χ1n) is 4.51. The van der Waals surface area contributed by atoms with Crippen LogP contribution in [0.1, 0.15) is 29.5 Å². The number of aliphatic hydroxyl groups is 2. The summed E-state index contributed by atoms with van der Waals surface area (Å²) >= 11 is 0. The number of rotatable bonds is 2. The van der Waals surface area contributed by atoms with Gasteiger partial charge in [-0.1, -0.05) is 0 Å². The summed E-state index contributed by atoms with van der Waals surface area (Å²) in [6.07, 6.45) is 2.64. The summed E-state index contributed by atoms with van der Waals surface area (Å²) in [6.45, 7) is 0.290. The molecule has 1 aromatic heterocycles. The first kappa shape index (κ1) is 8.72. The van der Waals surface area contributed by atoms with E-state index in [9.17, 15) is 0 Å². The van der Waals surface area contributed by atoms with E-state index in [1.54, 1.807) is 10.9 Å². The molecule has 4 nitrogen and oxygen atoms in total. The lowest BCUT2D eigenvalue weighted by Gasteiger charge is -2.08. The molecule has 0 aromatic carbocycles. The van der Waals surface area contributed by atoms with Crippen LogP contribution >= 0.6 is 0 Å². The predicted octanol–water partition coefficient (Wildman–Crippen LogP) is -0.0244. The van der Waals surface area contributed by atoms with E-state index in [-0.39, 0.29) is 25.0 Å². The number of hydrogen-bond donors (Lipinski definition) is 2. The van der Waals surface area contributed by atoms with Crippen molar-refractivity contribution in [3.63, 3.8) is 0 Å². The Bertz CT molecular complexity index is 309. The third kappa shape index (κ3) is 1.17. The summed E-state index contributed by atoms with van der Waals surface area (Å²) < 4.78 is 1.80. The van der Waals surface area contributed by atoms with Gasteiger partial charge in [0.05, 0.1) is 19.4 Å². The molecule has 1 aliphatic carbocycles. The van der Waals surface area contributed by atoms with Crippen LogP contribution in [0, 0.1) is 0 Å². The first-order chi connectivity index (χ1) is 6.27. The molecule has 2 N–H and O–H groups in total. The fourth-order valence-corrected chi connectivity index (χ4v) is 2.19. The SMILES string of the molecule is Cn1ncc2c1[C@@H](CO)C[C@H]2CO. The Balaban J connectivity index is 2.40. The molecule has 0 unspecified atom stereocenters. The maximum Gasteiger partial charge on any atom is 0.0528 e. The lowest BCUT2D eigenvalue weighted by molar-refractivity contribution is 0.231. The van der Waals surface area contributed by atoms with Crippen molar-refractivity contribution in [2.45, 2.75) is 18.3 Å². The molecule has 13 heavy (non-hydrogen) atoms. The fourth-order valence-electron chi connectivity index (χ4n) is 2.19. The Morgan fingerprint density at radius 1 is 1.46 bits per heavy atom. The van der Waals surface area contributed by atoms with Crippen molar-refractivity contribution in [1.29, 1.82) is 0 Å². The molecular weight excluding hydrogens is 168 g/mol. The summed E-state index contributed by atoms with van der Waals surface area (Å²) in [5, 5.41) is 22.4. The molecule has 0 fully saturated rings. The highest BCUT2D eigenvalue weighted by Gasteiger charge is 2.33. The standard InChI is InChI=1S/C9H14N2O2/c1-11-9-7(5-13)2-6(4-12)8(9)3-10-11/h3,6-7,12-13H,2,4-5H2,1H3/t6-,7+/m0/s1. The normalized spacial score (nSPS) is 26.4. The molecule has 2 atom stereocenters. The van der Waals surface area contributed by atoms with Crippen LogP contribution in [0.2, 0.25) is 0 Å². The largest absolute Gasteiger partial charge is 0.396 e. The van der Waals surface area contributed by atoms with Crippen LogP contribution < -0.4 is 0 Å². The highest BCUT2D eigenvalue weighted by Crippen LogP contribution is 2.40. The minimum absolute atomic E-state index is 0.142. The predicted molar refractivity (Wildman–Crippen MR) is 47.5 cm³/mol. The van der Waals surface area contributed by atoms with Gasteiger partial charge in [-0.15, -0.1) is 0 Å². The van der Waals surface area contributed by atoms with Crippen LogP contribution in [0.15, 0.2) is 6.20 Å². The Labute approximate surface area is 76.8 Å². The van der Waals surface area contributed by atoms with E-state index < -0.39 is 0 Å². The van der Waals surface area contributed by atoms with Crippen molar-refractivity contribution in [1.82, 2.24) is 9.78 Å². The van der Waals surface area contributed by atoms with Crippen molar-refractivity contribution in [3.8, 4) is 0 Å². The second kappa shape index (κ2) is 3.12. The minimum atomic E-state index is 0.142. The van der Waals surface area contributed by atoms with Gasteiger partial charge in [0.15, 0.2) is 0 Å². The molecule has 0 aliphatic heterocycles. The van der Waals surface area contributed by atoms with E-state index in [4.69, 9.17) is 10.2 Å². The van der Waals surface area contributed by atoms with Crippen molar-refractivity contribution in [3.05, 3.63) is 17.5 Å². The molecule has 2 rings (SSSR count). The number of aromatic nitrogens is 2. The molecule has 72 valence electrons. The molecule has 0 saturated carbocycles. The number of nitrogens with zero attached hydrogens (tertiary/aromatic N) is 2. The smallest absolute Gasteiger partial charge is 0.0528 e. The second-order valence-electron chi connectivity index (χ2n) is 3.60. The van der Waals surface area contributed by atoms with Crippen LogP contribution in [-0.2, 0) is 7.05 Å². The third-order valence-corrected chi connectivity index (χ3v) is 2.85. The van der Waals surface area contributed by atoms with Crippen LogP contribution in [0.25, 0.3) is 0 Å². The van der Waals surface area contributed by atoms with Gasteiger partial charge in [0.25, 0.3) is 0 Å². The van der Waals surface area contributed by atoms with E-state index in [0.29, 0.717) is 0 Å². The van der Waals surface area contributed by atoms with E-state index in [0.717, 1.165) is 17.7 Å². The van der Waals surface area contributed by atoms with Gasteiger partial charge < -0.3 is 10.2 Å². The number of fused-ring (bicyclic) bond motifs is 1. The van der Waals surface area contributed by atoms with Gasteiger partial charge in [0.1, 0.15) is 0 Å². The summed E-state index contributed by atoms with van der Waals surface area (Å²) in [6, 6.07) is 0.